The second-order valence-corrected chi connectivity index (χ2v) is 9.25. The minimum atomic E-state index is -0.0240. The molecule has 0 aliphatic rings. The Bertz CT molecular complexity index is 1140. The first-order valence-corrected chi connectivity index (χ1v) is 11.2. The van der Waals surface area contributed by atoms with E-state index in [9.17, 15) is 4.79 Å². The van der Waals surface area contributed by atoms with Gasteiger partial charge in [-0.3, -0.25) is 9.36 Å². The van der Waals surface area contributed by atoms with Crippen LogP contribution in [0.5, 0.6) is 0 Å². The van der Waals surface area contributed by atoms with Crippen molar-refractivity contribution in [3.8, 4) is 5.69 Å². The van der Waals surface area contributed by atoms with E-state index in [-0.39, 0.29) is 5.56 Å². The van der Waals surface area contributed by atoms with Crippen molar-refractivity contribution in [2.45, 2.75) is 10.9 Å². The molecule has 2 aromatic heterocycles. The van der Waals surface area contributed by atoms with Gasteiger partial charge in [-0.05, 0) is 53.4 Å². The van der Waals surface area contributed by atoms with Gasteiger partial charge < -0.3 is 0 Å². The van der Waals surface area contributed by atoms with Crippen molar-refractivity contribution in [3.05, 3.63) is 84.8 Å². The molecule has 0 aliphatic carbocycles. The molecule has 0 aliphatic heterocycles. The summed E-state index contributed by atoms with van der Waals surface area (Å²) >= 11 is 9.94. The zero-order valence-corrected chi connectivity index (χ0v) is 18.2. The summed E-state index contributed by atoms with van der Waals surface area (Å²) in [4.78, 5) is 17.8. The van der Waals surface area contributed by atoms with Gasteiger partial charge in [-0.2, -0.15) is 0 Å². The molecule has 0 saturated heterocycles. The second kappa shape index (κ2) is 7.68. The molecule has 0 N–H and O–H groups in total. The van der Waals surface area contributed by atoms with Crippen LogP contribution in [0.25, 0.3) is 15.9 Å². The molecule has 0 fully saturated rings. The highest BCUT2D eigenvalue weighted by molar-refractivity contribution is 9.10. The van der Waals surface area contributed by atoms with Crippen molar-refractivity contribution >= 4 is 65.2 Å². The fourth-order valence-electron chi connectivity index (χ4n) is 2.58. The highest BCUT2D eigenvalue weighted by Gasteiger charge is 2.14. The summed E-state index contributed by atoms with van der Waals surface area (Å²) in [6, 6.07) is 17.8. The minimum Gasteiger partial charge on any atom is -0.267 e. The van der Waals surface area contributed by atoms with E-state index in [1.54, 1.807) is 16.3 Å². The Morgan fingerprint density at radius 2 is 1.85 bits per heavy atom. The van der Waals surface area contributed by atoms with Crippen molar-refractivity contribution in [2.75, 3.05) is 0 Å². The molecule has 0 bridgehead atoms. The third-order valence-electron chi connectivity index (χ3n) is 3.79. The average molecular weight is 508 g/mol. The quantitative estimate of drug-likeness (QED) is 0.241. The molecule has 0 spiro atoms. The Morgan fingerprint density at radius 1 is 1.04 bits per heavy atom. The summed E-state index contributed by atoms with van der Waals surface area (Å²) < 4.78 is 4.40. The molecule has 0 radical (unpaired) electrons. The SMILES string of the molecule is O=c1c2sccc2nc(SCc2cccc(Br)c2)n1-c1ccc(Br)cc1. The van der Waals surface area contributed by atoms with E-state index in [2.05, 4.69) is 44.0 Å². The monoisotopic (exact) mass is 506 g/mol. The van der Waals surface area contributed by atoms with Gasteiger partial charge in [0, 0.05) is 14.7 Å². The molecule has 0 unspecified atom stereocenters. The third kappa shape index (κ3) is 3.67. The van der Waals surface area contributed by atoms with Gasteiger partial charge in [0.05, 0.1) is 11.2 Å². The van der Waals surface area contributed by atoms with Crippen LogP contribution in [0.2, 0.25) is 0 Å². The molecule has 4 rings (SSSR count). The van der Waals surface area contributed by atoms with E-state index in [4.69, 9.17) is 4.98 Å². The largest absolute Gasteiger partial charge is 0.276 e. The molecule has 0 amide bonds. The van der Waals surface area contributed by atoms with Gasteiger partial charge in [0.1, 0.15) is 4.70 Å². The number of hydrogen-bond acceptors (Lipinski definition) is 4. The van der Waals surface area contributed by atoms with Crippen LogP contribution >= 0.6 is 55.0 Å². The van der Waals surface area contributed by atoms with Crippen molar-refractivity contribution in [3.63, 3.8) is 0 Å². The molecular weight excluding hydrogens is 496 g/mol. The van der Waals surface area contributed by atoms with Crippen LogP contribution in [0.15, 0.2) is 78.9 Å². The number of rotatable bonds is 4. The molecule has 2 heterocycles. The number of aromatic nitrogens is 2. The molecule has 130 valence electrons. The van der Waals surface area contributed by atoms with Crippen molar-refractivity contribution in [2.24, 2.45) is 0 Å². The van der Waals surface area contributed by atoms with Crippen LogP contribution in [0.1, 0.15) is 5.56 Å². The summed E-state index contributed by atoms with van der Waals surface area (Å²) in [5.41, 5.74) is 2.72. The zero-order chi connectivity index (χ0) is 18.1. The number of nitrogens with zero attached hydrogens (tertiary/aromatic N) is 2. The molecule has 0 atom stereocenters. The molecule has 3 nitrogen and oxygen atoms in total. The number of hydrogen-bond donors (Lipinski definition) is 0. The lowest BCUT2D eigenvalue weighted by molar-refractivity contribution is 0.822. The summed E-state index contributed by atoms with van der Waals surface area (Å²) in [6.07, 6.45) is 0. The lowest BCUT2D eigenvalue weighted by atomic mass is 10.2. The summed E-state index contributed by atoms with van der Waals surface area (Å²) in [7, 11) is 0. The van der Waals surface area contributed by atoms with Crippen LogP contribution in [0, 0.1) is 0 Å². The van der Waals surface area contributed by atoms with Crippen LogP contribution in [0.3, 0.4) is 0 Å². The van der Waals surface area contributed by atoms with Crippen molar-refractivity contribution in [1.29, 1.82) is 0 Å². The van der Waals surface area contributed by atoms with Gasteiger partial charge in [-0.25, -0.2) is 4.98 Å². The number of thioether (sulfide) groups is 1. The van der Waals surface area contributed by atoms with Crippen molar-refractivity contribution in [1.82, 2.24) is 9.55 Å². The summed E-state index contributed by atoms with van der Waals surface area (Å²) in [5.74, 6) is 0.734. The lowest BCUT2D eigenvalue weighted by Crippen LogP contribution is -2.20. The van der Waals surface area contributed by atoms with Crippen LogP contribution in [-0.4, -0.2) is 9.55 Å². The normalized spacial score (nSPS) is 11.2. The second-order valence-electron chi connectivity index (χ2n) is 5.56. The predicted octanol–water partition coefficient (Wildman–Crippen LogP) is 6.26. The van der Waals surface area contributed by atoms with Gasteiger partial charge >= 0.3 is 0 Å². The Labute approximate surface area is 175 Å². The van der Waals surface area contributed by atoms with Crippen LogP contribution in [-0.2, 0) is 5.75 Å². The van der Waals surface area contributed by atoms with E-state index in [0.29, 0.717) is 9.86 Å². The Balaban J connectivity index is 1.80. The predicted molar refractivity (Wildman–Crippen MR) is 117 cm³/mol. The first-order valence-electron chi connectivity index (χ1n) is 7.75. The van der Waals surface area contributed by atoms with Gasteiger partial charge in [-0.1, -0.05) is 55.8 Å². The third-order valence-corrected chi connectivity index (χ3v) is 6.71. The molecule has 26 heavy (non-hydrogen) atoms. The van der Waals surface area contributed by atoms with Crippen LogP contribution < -0.4 is 5.56 Å². The lowest BCUT2D eigenvalue weighted by Gasteiger charge is -2.12. The summed E-state index contributed by atoms with van der Waals surface area (Å²) in [5, 5.41) is 2.61. The standard InChI is InChI=1S/C19H12Br2N2OS2/c20-13-4-6-15(7-5-13)23-18(24)17-16(8-9-25-17)22-19(23)26-11-12-2-1-3-14(21)10-12/h1-10H,11H2. The number of halogens is 2. The van der Waals surface area contributed by atoms with E-state index >= 15 is 0 Å². The number of benzene rings is 2. The molecule has 0 saturated carbocycles. The van der Waals surface area contributed by atoms with Gasteiger partial charge in [-0.15, -0.1) is 11.3 Å². The highest BCUT2D eigenvalue weighted by Crippen LogP contribution is 2.27. The van der Waals surface area contributed by atoms with Gasteiger partial charge in [0.25, 0.3) is 5.56 Å². The molecule has 7 heteroatoms. The fraction of sp³-hybridized carbons (Fsp3) is 0.0526. The van der Waals surface area contributed by atoms with E-state index in [1.807, 2.05) is 47.8 Å². The average Bonchev–Trinajstić information content (AvgIpc) is 3.10. The summed E-state index contributed by atoms with van der Waals surface area (Å²) in [6.45, 7) is 0. The maximum absolute atomic E-state index is 13.1. The molecular formula is C19H12Br2N2OS2. The first kappa shape index (κ1) is 18.0. The first-order chi connectivity index (χ1) is 12.6. The molecule has 2 aromatic carbocycles. The van der Waals surface area contributed by atoms with Crippen molar-refractivity contribution < 1.29 is 0 Å². The van der Waals surface area contributed by atoms with E-state index in [1.165, 1.54) is 16.9 Å². The number of fused-ring (bicyclic) bond motifs is 1. The maximum atomic E-state index is 13.1. The van der Waals surface area contributed by atoms with E-state index in [0.717, 1.165) is 25.9 Å². The minimum absolute atomic E-state index is 0.0240. The highest BCUT2D eigenvalue weighted by atomic mass is 79.9. The van der Waals surface area contributed by atoms with E-state index < -0.39 is 0 Å². The maximum Gasteiger partial charge on any atom is 0.276 e. The molecule has 4 aromatic rings. The Morgan fingerprint density at radius 3 is 2.62 bits per heavy atom. The van der Waals surface area contributed by atoms with Gasteiger partial charge in [0.2, 0.25) is 0 Å². The van der Waals surface area contributed by atoms with Crippen LogP contribution in [0.4, 0.5) is 0 Å². The number of thiophene rings is 1. The Kier molecular flexibility index (Phi) is 5.31. The smallest absolute Gasteiger partial charge is 0.267 e. The Hall–Kier alpha value is -1.41. The fourth-order valence-corrected chi connectivity index (χ4v) is 5.01. The van der Waals surface area contributed by atoms with Gasteiger partial charge in [0.15, 0.2) is 5.16 Å². The topological polar surface area (TPSA) is 34.9 Å². The zero-order valence-electron chi connectivity index (χ0n) is 13.4.